The van der Waals surface area contributed by atoms with Crippen molar-refractivity contribution < 1.29 is 28.6 Å². The number of carbonyl (C=O) groups excluding carboxylic acids is 3. The molecule has 0 spiro atoms. The number of nitrogens with zero attached hydrogens (tertiary/aromatic N) is 1. The van der Waals surface area contributed by atoms with Crippen LogP contribution < -0.4 is 19.9 Å². The molecule has 1 aliphatic heterocycles. The van der Waals surface area contributed by atoms with Crippen LogP contribution in [0.1, 0.15) is 19.4 Å². The molecule has 1 fully saturated rings. The Morgan fingerprint density at radius 3 is 2.52 bits per heavy atom. The van der Waals surface area contributed by atoms with Crippen molar-refractivity contribution in [3.05, 3.63) is 58.6 Å². The molecular weight excluding hydrogens is 424 g/mol. The molecule has 2 amide bonds. The lowest BCUT2D eigenvalue weighted by molar-refractivity contribution is -0.145. The number of hydrogen-bond acceptors (Lipinski definition) is 6. The zero-order chi connectivity index (χ0) is 22.4. The Labute approximate surface area is 184 Å². The average molecular weight is 445 g/mol. The number of hydrogen-bond donors (Lipinski definition) is 1. The molecule has 0 saturated carbocycles. The van der Waals surface area contributed by atoms with Gasteiger partial charge in [-0.25, -0.2) is 9.80 Å². The molecule has 9 heteroatoms. The highest BCUT2D eigenvalue weighted by atomic mass is 35.5. The summed E-state index contributed by atoms with van der Waals surface area (Å²) in [6, 6.07) is 11.9. The van der Waals surface area contributed by atoms with Crippen molar-refractivity contribution in [1.29, 1.82) is 0 Å². The predicted molar refractivity (Wildman–Crippen MR) is 115 cm³/mol. The molecular formula is C22H21ClN2O6. The number of anilines is 1. The normalized spacial score (nSPS) is 14.5. The van der Waals surface area contributed by atoms with Gasteiger partial charge in [0.1, 0.15) is 5.57 Å². The molecule has 1 N–H and O–H groups in total. The standard InChI is InChI=1S/C22H21ClN2O6/c1-3-29-18-12-14(11-17(23)20(18)31-13-19(26)30-4-2)10-16-21(27)24-25(22(16)28)15-8-6-5-7-9-15/h5-12H,3-4,13H2,1-2H3,(H,24,27)/b16-10-. The fourth-order valence-corrected chi connectivity index (χ4v) is 3.16. The van der Waals surface area contributed by atoms with E-state index >= 15 is 0 Å². The van der Waals surface area contributed by atoms with Gasteiger partial charge in [0.15, 0.2) is 18.1 Å². The Hall–Kier alpha value is -3.52. The second-order valence-electron chi connectivity index (χ2n) is 6.33. The molecule has 1 saturated heterocycles. The van der Waals surface area contributed by atoms with Gasteiger partial charge in [-0.05, 0) is 49.8 Å². The molecule has 2 aromatic rings. The predicted octanol–water partition coefficient (Wildman–Crippen LogP) is 3.14. The summed E-state index contributed by atoms with van der Waals surface area (Å²) >= 11 is 6.33. The highest BCUT2D eigenvalue weighted by molar-refractivity contribution is 6.33. The number of benzene rings is 2. The minimum absolute atomic E-state index is 0.0532. The van der Waals surface area contributed by atoms with Crippen molar-refractivity contribution in [2.75, 3.05) is 24.8 Å². The van der Waals surface area contributed by atoms with Crippen molar-refractivity contribution in [2.45, 2.75) is 13.8 Å². The monoisotopic (exact) mass is 444 g/mol. The summed E-state index contributed by atoms with van der Waals surface area (Å²) in [7, 11) is 0. The van der Waals surface area contributed by atoms with Crippen molar-refractivity contribution in [3.8, 4) is 11.5 Å². The SMILES string of the molecule is CCOC(=O)COc1c(Cl)cc(/C=C2/C(=O)NN(c3ccccc3)C2=O)cc1OCC. The van der Waals surface area contributed by atoms with Crippen LogP contribution >= 0.6 is 11.6 Å². The van der Waals surface area contributed by atoms with E-state index in [2.05, 4.69) is 5.43 Å². The van der Waals surface area contributed by atoms with Crippen LogP contribution in [-0.4, -0.2) is 37.6 Å². The van der Waals surface area contributed by atoms with Crippen LogP contribution in [0.3, 0.4) is 0 Å². The van der Waals surface area contributed by atoms with Crippen LogP contribution in [0.5, 0.6) is 11.5 Å². The first-order valence-electron chi connectivity index (χ1n) is 9.61. The van der Waals surface area contributed by atoms with Gasteiger partial charge in [-0.3, -0.25) is 15.0 Å². The van der Waals surface area contributed by atoms with E-state index in [-0.39, 0.29) is 35.3 Å². The van der Waals surface area contributed by atoms with Crippen LogP contribution in [0.4, 0.5) is 5.69 Å². The molecule has 0 atom stereocenters. The van der Waals surface area contributed by atoms with E-state index < -0.39 is 17.8 Å². The van der Waals surface area contributed by atoms with Crippen LogP contribution in [0.2, 0.25) is 5.02 Å². The quantitative estimate of drug-likeness (QED) is 0.382. The van der Waals surface area contributed by atoms with E-state index in [0.29, 0.717) is 17.9 Å². The molecule has 0 aromatic heterocycles. The molecule has 31 heavy (non-hydrogen) atoms. The lowest BCUT2D eigenvalue weighted by atomic mass is 10.1. The molecule has 2 aromatic carbocycles. The Morgan fingerprint density at radius 1 is 1.10 bits per heavy atom. The van der Waals surface area contributed by atoms with Gasteiger partial charge < -0.3 is 14.2 Å². The number of amides is 2. The summed E-state index contributed by atoms with van der Waals surface area (Å²) in [5.41, 5.74) is 3.49. The van der Waals surface area contributed by atoms with Crippen molar-refractivity contribution in [1.82, 2.24) is 5.43 Å². The molecule has 3 rings (SSSR count). The molecule has 0 aliphatic carbocycles. The molecule has 8 nitrogen and oxygen atoms in total. The first kappa shape index (κ1) is 22.2. The number of ether oxygens (including phenoxy) is 3. The summed E-state index contributed by atoms with van der Waals surface area (Å²) < 4.78 is 15.9. The van der Waals surface area contributed by atoms with Gasteiger partial charge in [-0.15, -0.1) is 0 Å². The summed E-state index contributed by atoms with van der Waals surface area (Å²) in [4.78, 5) is 36.7. The van der Waals surface area contributed by atoms with Gasteiger partial charge in [0.05, 0.1) is 23.9 Å². The Kier molecular flexibility index (Phi) is 7.15. The van der Waals surface area contributed by atoms with E-state index in [1.54, 1.807) is 44.2 Å². The van der Waals surface area contributed by atoms with E-state index in [0.717, 1.165) is 0 Å². The summed E-state index contributed by atoms with van der Waals surface area (Å²) in [5, 5.41) is 1.34. The lowest BCUT2D eigenvalue weighted by Crippen LogP contribution is -2.35. The Bertz CT molecular complexity index is 1020. The van der Waals surface area contributed by atoms with Gasteiger partial charge in [0.25, 0.3) is 11.8 Å². The number of nitrogens with one attached hydrogen (secondary N) is 1. The number of para-hydroxylation sites is 1. The average Bonchev–Trinajstić information content (AvgIpc) is 3.02. The fraction of sp³-hybridized carbons (Fsp3) is 0.227. The highest BCUT2D eigenvalue weighted by Crippen LogP contribution is 2.37. The fourth-order valence-electron chi connectivity index (χ4n) is 2.89. The molecule has 1 heterocycles. The minimum atomic E-state index is -0.540. The smallest absolute Gasteiger partial charge is 0.344 e. The summed E-state index contributed by atoms with van der Waals surface area (Å²) in [6.45, 7) is 3.68. The zero-order valence-corrected chi connectivity index (χ0v) is 17.8. The number of carbonyl (C=O) groups is 3. The van der Waals surface area contributed by atoms with Crippen LogP contribution in [0, 0.1) is 0 Å². The summed E-state index contributed by atoms with van der Waals surface area (Å²) in [6.07, 6.45) is 1.42. The largest absolute Gasteiger partial charge is 0.490 e. The molecule has 0 bridgehead atoms. The first-order valence-corrected chi connectivity index (χ1v) is 9.99. The van der Waals surface area contributed by atoms with Gasteiger partial charge >= 0.3 is 5.97 Å². The van der Waals surface area contributed by atoms with E-state index in [1.165, 1.54) is 17.2 Å². The third-order valence-corrected chi connectivity index (χ3v) is 4.47. The number of hydrazine groups is 1. The Balaban J connectivity index is 1.88. The van der Waals surface area contributed by atoms with Crippen molar-refractivity contribution in [3.63, 3.8) is 0 Å². The van der Waals surface area contributed by atoms with Gasteiger partial charge in [-0.1, -0.05) is 29.8 Å². The van der Waals surface area contributed by atoms with Crippen molar-refractivity contribution in [2.24, 2.45) is 0 Å². The topological polar surface area (TPSA) is 94.2 Å². The van der Waals surface area contributed by atoms with E-state index in [1.807, 2.05) is 6.07 Å². The van der Waals surface area contributed by atoms with Gasteiger partial charge in [0, 0.05) is 0 Å². The van der Waals surface area contributed by atoms with Crippen LogP contribution in [-0.2, 0) is 19.1 Å². The minimum Gasteiger partial charge on any atom is -0.490 e. The maximum absolute atomic E-state index is 12.8. The van der Waals surface area contributed by atoms with Gasteiger partial charge in [0.2, 0.25) is 0 Å². The van der Waals surface area contributed by atoms with E-state index in [4.69, 9.17) is 25.8 Å². The number of halogens is 1. The highest BCUT2D eigenvalue weighted by Gasteiger charge is 2.34. The second kappa shape index (κ2) is 9.99. The summed E-state index contributed by atoms with van der Waals surface area (Å²) in [5.74, 6) is -1.12. The van der Waals surface area contributed by atoms with Crippen molar-refractivity contribution >= 4 is 41.1 Å². The van der Waals surface area contributed by atoms with E-state index in [9.17, 15) is 14.4 Å². The Morgan fingerprint density at radius 2 is 1.84 bits per heavy atom. The zero-order valence-electron chi connectivity index (χ0n) is 17.0. The van der Waals surface area contributed by atoms with Gasteiger partial charge in [-0.2, -0.15) is 0 Å². The number of rotatable bonds is 8. The molecule has 1 aliphatic rings. The molecule has 162 valence electrons. The maximum atomic E-state index is 12.8. The molecule has 0 unspecified atom stereocenters. The lowest BCUT2D eigenvalue weighted by Gasteiger charge is -2.14. The van der Waals surface area contributed by atoms with Crippen LogP contribution in [0.25, 0.3) is 6.08 Å². The first-order chi connectivity index (χ1) is 14.9. The third kappa shape index (κ3) is 5.16. The maximum Gasteiger partial charge on any atom is 0.344 e. The third-order valence-electron chi connectivity index (χ3n) is 4.19. The van der Waals surface area contributed by atoms with Crippen LogP contribution in [0.15, 0.2) is 48.0 Å². The molecule has 0 radical (unpaired) electrons. The number of esters is 1. The second-order valence-corrected chi connectivity index (χ2v) is 6.74.